The summed E-state index contributed by atoms with van der Waals surface area (Å²) in [5, 5.41) is 1.69. The van der Waals surface area contributed by atoms with Crippen molar-refractivity contribution in [2.24, 2.45) is 0 Å². The summed E-state index contributed by atoms with van der Waals surface area (Å²) in [6.07, 6.45) is 2.88. The Morgan fingerprint density at radius 2 is 2.64 bits per heavy atom. The summed E-state index contributed by atoms with van der Waals surface area (Å²) in [5.41, 5.74) is 0. The molecular formula is C7H8O3S. The minimum Gasteiger partial charge on any atom is -0.471 e. The van der Waals surface area contributed by atoms with Gasteiger partial charge >= 0.3 is 5.97 Å². The third kappa shape index (κ3) is 2.31. The predicted molar refractivity (Wildman–Crippen MR) is 42.5 cm³/mol. The molecule has 1 aliphatic heterocycles. The fraction of sp³-hybridized carbons (Fsp3) is 0.286. The molecule has 60 valence electrons. The minimum absolute atomic E-state index is 0.332. The molecule has 1 aliphatic rings. The van der Waals surface area contributed by atoms with Crippen molar-refractivity contribution < 1.29 is 14.3 Å². The third-order valence-electron chi connectivity index (χ3n) is 0.981. The molecule has 0 aliphatic carbocycles. The van der Waals surface area contributed by atoms with E-state index in [9.17, 15) is 4.79 Å². The highest BCUT2D eigenvalue weighted by Crippen LogP contribution is 2.21. The topological polar surface area (TPSA) is 35.5 Å². The monoisotopic (exact) mass is 172 g/mol. The number of esters is 1. The van der Waals surface area contributed by atoms with Gasteiger partial charge in [-0.3, -0.25) is 0 Å². The Labute approximate surface area is 69.1 Å². The van der Waals surface area contributed by atoms with Gasteiger partial charge in [0, 0.05) is 5.41 Å². The van der Waals surface area contributed by atoms with Crippen molar-refractivity contribution in [1.29, 1.82) is 0 Å². The lowest BCUT2D eigenvalue weighted by Gasteiger charge is -2.05. The van der Waals surface area contributed by atoms with E-state index >= 15 is 0 Å². The van der Waals surface area contributed by atoms with Gasteiger partial charge in [0.05, 0.1) is 12.9 Å². The first-order chi connectivity index (χ1) is 5.34. The van der Waals surface area contributed by atoms with Crippen molar-refractivity contribution in [2.75, 3.05) is 6.61 Å². The fourth-order valence-corrected chi connectivity index (χ4v) is 1.09. The van der Waals surface area contributed by atoms with E-state index < -0.39 is 0 Å². The highest BCUT2D eigenvalue weighted by Gasteiger charge is 2.11. The van der Waals surface area contributed by atoms with E-state index in [0.29, 0.717) is 11.5 Å². The molecule has 3 nitrogen and oxygen atoms in total. The van der Waals surface area contributed by atoms with Crippen molar-refractivity contribution in [3.63, 3.8) is 0 Å². The predicted octanol–water partition coefficient (Wildman–Crippen LogP) is 1.63. The van der Waals surface area contributed by atoms with Crippen molar-refractivity contribution >= 4 is 17.7 Å². The van der Waals surface area contributed by atoms with Gasteiger partial charge in [0.15, 0.2) is 0 Å². The van der Waals surface area contributed by atoms with Gasteiger partial charge in [-0.1, -0.05) is 11.8 Å². The van der Waals surface area contributed by atoms with E-state index in [1.807, 2.05) is 0 Å². The number of ether oxygens (including phenoxy) is 2. The van der Waals surface area contributed by atoms with E-state index in [1.54, 1.807) is 12.3 Å². The quantitative estimate of drug-likeness (QED) is 0.593. The molecular weight excluding hydrogens is 164 g/mol. The average Bonchev–Trinajstić information content (AvgIpc) is 2.07. The smallest absolute Gasteiger partial charge is 0.348 e. The molecule has 0 radical (unpaired) electrons. The van der Waals surface area contributed by atoms with Crippen LogP contribution in [-0.4, -0.2) is 12.6 Å². The number of rotatable bonds is 2. The van der Waals surface area contributed by atoms with Crippen molar-refractivity contribution in [2.45, 2.75) is 6.92 Å². The van der Waals surface area contributed by atoms with Gasteiger partial charge in [0.2, 0.25) is 0 Å². The zero-order valence-electron chi connectivity index (χ0n) is 6.07. The zero-order valence-corrected chi connectivity index (χ0v) is 6.89. The Kier molecular flexibility index (Phi) is 3.04. The van der Waals surface area contributed by atoms with Crippen LogP contribution in [0, 0.1) is 0 Å². The molecule has 0 aromatic heterocycles. The molecule has 1 heterocycles. The SMILES string of the molecule is CCOC(=O)C1=COC=CS1. The summed E-state index contributed by atoms with van der Waals surface area (Å²) in [5.74, 6) is -0.332. The summed E-state index contributed by atoms with van der Waals surface area (Å²) in [6.45, 7) is 2.16. The van der Waals surface area contributed by atoms with Crippen LogP contribution < -0.4 is 0 Å². The van der Waals surface area contributed by atoms with Crippen LogP contribution in [0.1, 0.15) is 6.92 Å². The first kappa shape index (κ1) is 8.20. The van der Waals surface area contributed by atoms with Crippen molar-refractivity contribution in [3.05, 3.63) is 22.8 Å². The number of thioether (sulfide) groups is 1. The summed E-state index contributed by atoms with van der Waals surface area (Å²) < 4.78 is 9.52. The zero-order chi connectivity index (χ0) is 8.10. The van der Waals surface area contributed by atoms with E-state index in [4.69, 9.17) is 9.47 Å². The molecule has 0 aromatic carbocycles. The lowest BCUT2D eigenvalue weighted by atomic mass is 10.6. The first-order valence-electron chi connectivity index (χ1n) is 3.19. The van der Waals surface area contributed by atoms with Crippen LogP contribution in [0.25, 0.3) is 0 Å². The van der Waals surface area contributed by atoms with Crippen molar-refractivity contribution in [3.8, 4) is 0 Å². The second-order valence-corrected chi connectivity index (χ2v) is 2.68. The first-order valence-corrected chi connectivity index (χ1v) is 4.07. The highest BCUT2D eigenvalue weighted by atomic mass is 32.2. The van der Waals surface area contributed by atoms with Gasteiger partial charge in [0.1, 0.15) is 11.2 Å². The maximum Gasteiger partial charge on any atom is 0.348 e. The standard InChI is InChI=1S/C7H8O3S/c1-2-10-7(8)6-5-9-3-4-11-6/h3-5H,2H2,1H3. The second kappa shape index (κ2) is 4.08. The summed E-state index contributed by atoms with van der Waals surface area (Å²) in [4.78, 5) is 11.5. The molecule has 0 aromatic rings. The maximum atomic E-state index is 11.0. The summed E-state index contributed by atoms with van der Waals surface area (Å²) in [7, 11) is 0. The molecule has 0 bridgehead atoms. The van der Waals surface area contributed by atoms with Gasteiger partial charge in [-0.05, 0) is 6.92 Å². The van der Waals surface area contributed by atoms with Gasteiger partial charge < -0.3 is 9.47 Å². The molecule has 0 saturated carbocycles. The molecule has 0 saturated heterocycles. The fourth-order valence-electron chi connectivity index (χ4n) is 0.560. The largest absolute Gasteiger partial charge is 0.471 e. The molecule has 0 unspecified atom stereocenters. The Bertz CT molecular complexity index is 208. The molecule has 11 heavy (non-hydrogen) atoms. The lowest BCUT2D eigenvalue weighted by molar-refractivity contribution is -0.137. The molecule has 0 N–H and O–H groups in total. The average molecular weight is 172 g/mol. The molecule has 0 fully saturated rings. The summed E-state index contributed by atoms with van der Waals surface area (Å²) in [6, 6.07) is 0. The summed E-state index contributed by atoms with van der Waals surface area (Å²) >= 11 is 1.29. The van der Waals surface area contributed by atoms with Crippen LogP contribution in [0.4, 0.5) is 0 Å². The van der Waals surface area contributed by atoms with Crippen LogP contribution in [-0.2, 0) is 14.3 Å². The normalized spacial score (nSPS) is 15.2. The van der Waals surface area contributed by atoms with Gasteiger partial charge in [-0.15, -0.1) is 0 Å². The van der Waals surface area contributed by atoms with Crippen LogP contribution >= 0.6 is 11.8 Å². The number of hydrogen-bond acceptors (Lipinski definition) is 4. The van der Waals surface area contributed by atoms with Gasteiger partial charge in [-0.25, -0.2) is 4.79 Å². The van der Waals surface area contributed by atoms with Crippen LogP contribution in [0.5, 0.6) is 0 Å². The third-order valence-corrected chi connectivity index (χ3v) is 1.74. The van der Waals surface area contributed by atoms with Crippen LogP contribution in [0.3, 0.4) is 0 Å². The van der Waals surface area contributed by atoms with Gasteiger partial charge in [-0.2, -0.15) is 0 Å². The van der Waals surface area contributed by atoms with E-state index in [0.717, 1.165) is 0 Å². The number of carbonyl (C=O) groups excluding carboxylic acids is 1. The Morgan fingerprint density at radius 3 is 3.18 bits per heavy atom. The Balaban J connectivity index is 2.46. The molecule has 1 rings (SSSR count). The van der Waals surface area contributed by atoms with Crippen LogP contribution in [0.15, 0.2) is 22.8 Å². The van der Waals surface area contributed by atoms with E-state index in [2.05, 4.69) is 0 Å². The highest BCUT2D eigenvalue weighted by molar-refractivity contribution is 8.06. The number of carbonyl (C=O) groups is 1. The number of hydrogen-bond donors (Lipinski definition) is 0. The second-order valence-electron chi connectivity index (χ2n) is 1.73. The van der Waals surface area contributed by atoms with Gasteiger partial charge in [0.25, 0.3) is 0 Å². The molecule has 4 heteroatoms. The van der Waals surface area contributed by atoms with Crippen molar-refractivity contribution in [1.82, 2.24) is 0 Å². The molecule has 0 spiro atoms. The molecule has 0 atom stereocenters. The lowest BCUT2D eigenvalue weighted by Crippen LogP contribution is -2.05. The van der Waals surface area contributed by atoms with Crippen LogP contribution in [0.2, 0.25) is 0 Å². The Hall–Kier alpha value is -0.900. The molecule has 0 amide bonds. The van der Waals surface area contributed by atoms with E-state index in [1.165, 1.54) is 24.3 Å². The van der Waals surface area contributed by atoms with E-state index in [-0.39, 0.29) is 5.97 Å². The maximum absolute atomic E-state index is 11.0. The minimum atomic E-state index is -0.332. The Morgan fingerprint density at radius 1 is 1.82 bits per heavy atom.